The largest absolute Gasteiger partial charge is 0.493 e. The fourth-order valence-electron chi connectivity index (χ4n) is 2.53. The molecule has 0 bridgehead atoms. The van der Waals surface area contributed by atoms with E-state index in [0.29, 0.717) is 13.2 Å². The Bertz CT molecular complexity index is 694. The molecule has 0 saturated carbocycles. The minimum absolute atomic E-state index is 0.158. The van der Waals surface area contributed by atoms with Crippen molar-refractivity contribution in [3.63, 3.8) is 0 Å². The van der Waals surface area contributed by atoms with Crippen molar-refractivity contribution >= 4 is 22.4 Å². The molecule has 0 saturated heterocycles. The molecule has 1 amide bonds. The molecule has 0 heterocycles. The van der Waals surface area contributed by atoms with Crippen LogP contribution >= 0.6 is 0 Å². The van der Waals surface area contributed by atoms with Crippen LogP contribution in [0.4, 0.5) is 5.69 Å². The normalized spacial score (nSPS) is 11.5. The molecule has 4 heteroatoms. The number of rotatable bonds is 8. The number of hydrogen-bond donors (Lipinski definition) is 1. The lowest BCUT2D eigenvalue weighted by atomic mass is 10.1. The summed E-state index contributed by atoms with van der Waals surface area (Å²) in [6.45, 7) is 8.76. The lowest BCUT2D eigenvalue weighted by Gasteiger charge is -2.24. The second-order valence-electron chi connectivity index (χ2n) is 6.26. The zero-order valence-electron chi connectivity index (χ0n) is 15.0. The van der Waals surface area contributed by atoms with Gasteiger partial charge in [0.05, 0.1) is 6.61 Å². The van der Waals surface area contributed by atoms with Crippen molar-refractivity contribution in [1.82, 2.24) is 0 Å². The van der Waals surface area contributed by atoms with Gasteiger partial charge in [-0.15, -0.1) is 0 Å². The summed E-state index contributed by atoms with van der Waals surface area (Å²) in [6.07, 6.45) is 2.12. The molecule has 2 aromatic carbocycles. The molecule has 24 heavy (non-hydrogen) atoms. The maximum atomic E-state index is 12.5. The van der Waals surface area contributed by atoms with E-state index in [1.807, 2.05) is 43.3 Å². The zero-order valence-corrected chi connectivity index (χ0v) is 15.0. The topological polar surface area (TPSA) is 47.6 Å². The van der Waals surface area contributed by atoms with Gasteiger partial charge in [0.1, 0.15) is 11.4 Å². The van der Waals surface area contributed by atoms with Crippen LogP contribution in [0.5, 0.6) is 5.75 Å². The van der Waals surface area contributed by atoms with Crippen molar-refractivity contribution in [3.05, 3.63) is 36.4 Å². The number of amides is 1. The van der Waals surface area contributed by atoms with Crippen LogP contribution in [0.3, 0.4) is 0 Å². The van der Waals surface area contributed by atoms with Crippen LogP contribution in [0.1, 0.15) is 40.5 Å². The first kappa shape index (κ1) is 18.3. The molecule has 2 rings (SSSR count). The molecule has 130 valence electrons. The second kappa shape index (κ2) is 8.15. The van der Waals surface area contributed by atoms with Crippen molar-refractivity contribution in [2.24, 2.45) is 0 Å². The van der Waals surface area contributed by atoms with Gasteiger partial charge in [-0.25, -0.2) is 0 Å². The smallest absolute Gasteiger partial charge is 0.256 e. The van der Waals surface area contributed by atoms with E-state index in [1.165, 1.54) is 0 Å². The van der Waals surface area contributed by atoms with Crippen LogP contribution in [0.2, 0.25) is 0 Å². The first-order chi connectivity index (χ1) is 11.5. The molecule has 0 atom stereocenters. The van der Waals surface area contributed by atoms with E-state index < -0.39 is 5.60 Å². The Kier molecular flexibility index (Phi) is 6.21. The predicted octanol–water partition coefficient (Wildman–Crippen LogP) is 4.77. The number of fused-ring (bicyclic) bond motifs is 1. The molecule has 0 aromatic heterocycles. The fraction of sp³-hybridized carbons (Fsp3) is 0.450. The Morgan fingerprint density at radius 1 is 1.08 bits per heavy atom. The summed E-state index contributed by atoms with van der Waals surface area (Å²) in [4.78, 5) is 12.5. The Hall–Kier alpha value is -2.07. The van der Waals surface area contributed by atoms with Crippen LogP contribution in [-0.2, 0) is 9.53 Å². The minimum atomic E-state index is -0.869. The molecule has 1 N–H and O–H groups in total. The lowest BCUT2D eigenvalue weighted by Crippen LogP contribution is -2.39. The van der Waals surface area contributed by atoms with Gasteiger partial charge in [-0.2, -0.15) is 0 Å². The van der Waals surface area contributed by atoms with Gasteiger partial charge >= 0.3 is 0 Å². The summed E-state index contributed by atoms with van der Waals surface area (Å²) in [5.74, 6) is 0.690. The number of carbonyl (C=O) groups excluding carboxylic acids is 1. The average molecular weight is 329 g/mol. The highest BCUT2D eigenvalue weighted by atomic mass is 16.5. The summed E-state index contributed by atoms with van der Waals surface area (Å²) >= 11 is 0. The Labute approximate surface area is 144 Å². The molecular weight excluding hydrogens is 302 g/mol. The molecule has 0 aliphatic heterocycles. The van der Waals surface area contributed by atoms with Gasteiger partial charge in [-0.1, -0.05) is 37.6 Å². The van der Waals surface area contributed by atoms with E-state index in [9.17, 15) is 4.79 Å². The van der Waals surface area contributed by atoms with Crippen LogP contribution in [0.15, 0.2) is 36.4 Å². The molecular formula is C20H27NO3. The number of nitrogens with one attached hydrogen (secondary N) is 1. The van der Waals surface area contributed by atoms with Crippen LogP contribution in [0, 0.1) is 0 Å². The van der Waals surface area contributed by atoms with Crippen molar-refractivity contribution in [3.8, 4) is 5.75 Å². The second-order valence-corrected chi connectivity index (χ2v) is 6.26. The third-order valence-electron chi connectivity index (χ3n) is 3.94. The first-order valence-electron chi connectivity index (χ1n) is 8.59. The molecule has 0 spiro atoms. The number of benzene rings is 2. The Balaban J connectivity index is 2.29. The molecule has 2 aromatic rings. The summed E-state index contributed by atoms with van der Waals surface area (Å²) in [7, 11) is 0. The third-order valence-corrected chi connectivity index (χ3v) is 3.94. The number of hydrogen-bond acceptors (Lipinski definition) is 3. The van der Waals surface area contributed by atoms with Gasteiger partial charge in [0.2, 0.25) is 0 Å². The maximum absolute atomic E-state index is 12.5. The van der Waals surface area contributed by atoms with Crippen molar-refractivity contribution < 1.29 is 14.3 Å². The standard InChI is InChI=1S/C20H27NO3/c1-5-7-14-23-18-13-12-17(15-10-8-9-11-16(15)18)21-19(22)20(3,4)24-6-2/h8-13H,5-7,14H2,1-4H3,(H,21,22). The molecule has 0 unspecified atom stereocenters. The Morgan fingerprint density at radius 3 is 2.46 bits per heavy atom. The number of ether oxygens (including phenoxy) is 2. The predicted molar refractivity (Wildman–Crippen MR) is 98.7 cm³/mol. The average Bonchev–Trinajstić information content (AvgIpc) is 2.56. The van der Waals surface area contributed by atoms with Gasteiger partial charge in [-0.3, -0.25) is 4.79 Å². The van der Waals surface area contributed by atoms with E-state index in [1.54, 1.807) is 13.8 Å². The maximum Gasteiger partial charge on any atom is 0.256 e. The molecule has 0 aliphatic rings. The number of unbranched alkanes of at least 4 members (excludes halogenated alkanes) is 1. The van der Waals surface area contributed by atoms with Gasteiger partial charge in [0, 0.05) is 23.1 Å². The van der Waals surface area contributed by atoms with Crippen molar-refractivity contribution in [2.75, 3.05) is 18.5 Å². The van der Waals surface area contributed by atoms with E-state index in [2.05, 4.69) is 12.2 Å². The van der Waals surface area contributed by atoms with E-state index >= 15 is 0 Å². The van der Waals surface area contributed by atoms with Gasteiger partial charge in [0.15, 0.2) is 0 Å². The Morgan fingerprint density at radius 2 is 1.79 bits per heavy atom. The van der Waals surface area contributed by atoms with Crippen molar-refractivity contribution in [2.45, 2.75) is 46.1 Å². The van der Waals surface area contributed by atoms with Crippen LogP contribution in [-0.4, -0.2) is 24.7 Å². The lowest BCUT2D eigenvalue weighted by molar-refractivity contribution is -0.136. The van der Waals surface area contributed by atoms with Crippen molar-refractivity contribution in [1.29, 1.82) is 0 Å². The monoisotopic (exact) mass is 329 g/mol. The van der Waals surface area contributed by atoms with E-state index in [4.69, 9.17) is 9.47 Å². The summed E-state index contributed by atoms with van der Waals surface area (Å²) in [6, 6.07) is 11.8. The highest BCUT2D eigenvalue weighted by Crippen LogP contribution is 2.32. The molecule has 4 nitrogen and oxygen atoms in total. The number of anilines is 1. The molecule has 0 aliphatic carbocycles. The zero-order chi connectivity index (χ0) is 17.6. The summed E-state index contributed by atoms with van der Waals surface area (Å²) in [5, 5.41) is 4.95. The summed E-state index contributed by atoms with van der Waals surface area (Å²) in [5.41, 5.74) is -0.0993. The minimum Gasteiger partial charge on any atom is -0.493 e. The SMILES string of the molecule is CCCCOc1ccc(NC(=O)C(C)(C)OCC)c2ccccc12. The van der Waals surface area contributed by atoms with Crippen LogP contribution < -0.4 is 10.1 Å². The van der Waals surface area contributed by atoms with Gasteiger partial charge in [0.25, 0.3) is 5.91 Å². The fourth-order valence-corrected chi connectivity index (χ4v) is 2.53. The summed E-state index contributed by atoms with van der Waals surface area (Å²) < 4.78 is 11.4. The molecule has 0 radical (unpaired) electrons. The van der Waals surface area contributed by atoms with Gasteiger partial charge in [-0.05, 0) is 39.3 Å². The quantitative estimate of drug-likeness (QED) is 0.710. The van der Waals surface area contributed by atoms with E-state index in [0.717, 1.165) is 35.1 Å². The van der Waals surface area contributed by atoms with Crippen LogP contribution in [0.25, 0.3) is 10.8 Å². The molecule has 0 fully saturated rings. The van der Waals surface area contributed by atoms with Gasteiger partial charge < -0.3 is 14.8 Å². The third kappa shape index (κ3) is 4.26. The highest BCUT2D eigenvalue weighted by Gasteiger charge is 2.28. The number of carbonyl (C=O) groups is 1. The van der Waals surface area contributed by atoms with E-state index in [-0.39, 0.29) is 5.91 Å². The first-order valence-corrected chi connectivity index (χ1v) is 8.59. The highest BCUT2D eigenvalue weighted by molar-refractivity contribution is 6.06.